The van der Waals surface area contributed by atoms with Gasteiger partial charge in [-0.15, -0.1) is 0 Å². The zero-order valence-corrected chi connectivity index (χ0v) is 15.6. The number of rotatable bonds is 3. The molecule has 5 atom stereocenters. The van der Waals surface area contributed by atoms with Gasteiger partial charge < -0.3 is 9.84 Å². The number of allylic oxidation sites excluding steroid dienone is 3. The number of ether oxygens (including phenoxy) is 1. The normalized spacial score (nSPS) is 43.5. The molecule has 0 saturated heterocycles. The average molecular weight is 319 g/mol. The summed E-state index contributed by atoms with van der Waals surface area (Å²) in [6.07, 6.45) is 11.1. The minimum Gasteiger partial charge on any atom is -0.396 e. The van der Waals surface area contributed by atoms with E-state index < -0.39 is 0 Å². The first-order valence-corrected chi connectivity index (χ1v) is 9.41. The van der Waals surface area contributed by atoms with Crippen molar-refractivity contribution in [2.45, 2.75) is 65.9 Å². The van der Waals surface area contributed by atoms with Crippen LogP contribution >= 0.6 is 0 Å². The second-order valence-electron chi connectivity index (χ2n) is 8.98. The van der Waals surface area contributed by atoms with Gasteiger partial charge in [0, 0.05) is 13.7 Å². The van der Waals surface area contributed by atoms with Crippen LogP contribution in [0.4, 0.5) is 0 Å². The average Bonchev–Trinajstić information content (AvgIpc) is 2.53. The van der Waals surface area contributed by atoms with E-state index in [9.17, 15) is 5.11 Å². The molecular formula is C21H34O2. The van der Waals surface area contributed by atoms with Crippen molar-refractivity contribution in [1.82, 2.24) is 0 Å². The lowest BCUT2D eigenvalue weighted by atomic mass is 9.47. The number of aliphatic hydroxyl groups is 1. The first-order chi connectivity index (χ1) is 10.9. The highest BCUT2D eigenvalue weighted by molar-refractivity contribution is 5.37. The molecule has 3 aliphatic carbocycles. The molecule has 23 heavy (non-hydrogen) atoms. The van der Waals surface area contributed by atoms with Crippen molar-refractivity contribution < 1.29 is 9.84 Å². The van der Waals surface area contributed by atoms with Crippen molar-refractivity contribution >= 4 is 0 Å². The Balaban J connectivity index is 2.01. The molecule has 1 saturated carbocycles. The molecule has 0 aliphatic heterocycles. The van der Waals surface area contributed by atoms with Gasteiger partial charge in [0.25, 0.3) is 0 Å². The quantitative estimate of drug-likeness (QED) is 0.814. The van der Waals surface area contributed by atoms with Gasteiger partial charge in [-0.3, -0.25) is 0 Å². The van der Waals surface area contributed by atoms with Crippen LogP contribution in [0.25, 0.3) is 0 Å². The second kappa shape index (κ2) is 6.04. The molecule has 2 heteroatoms. The Morgan fingerprint density at radius 2 is 2.04 bits per heavy atom. The molecule has 0 aromatic carbocycles. The van der Waals surface area contributed by atoms with Gasteiger partial charge in [-0.25, -0.2) is 0 Å². The van der Waals surface area contributed by atoms with Gasteiger partial charge in [0.2, 0.25) is 0 Å². The molecule has 0 heterocycles. The maximum Gasteiger partial charge on any atom is 0.0792 e. The monoisotopic (exact) mass is 318 g/mol. The van der Waals surface area contributed by atoms with Crippen molar-refractivity contribution in [1.29, 1.82) is 0 Å². The smallest absolute Gasteiger partial charge is 0.0792 e. The van der Waals surface area contributed by atoms with Crippen LogP contribution in [0.5, 0.6) is 0 Å². The molecule has 0 radical (unpaired) electrons. The highest BCUT2D eigenvalue weighted by atomic mass is 16.5. The Labute approximate surface area is 142 Å². The SMILES string of the molecule is CO[C@@H]1C[C@@H]2C(=CC[C@@H]3[C@](C)(CO)CCC[C@@]23C)C=C1C(C)C. The minimum atomic E-state index is 0.0830. The third-order valence-electron chi connectivity index (χ3n) is 7.36. The molecule has 130 valence electrons. The zero-order valence-electron chi connectivity index (χ0n) is 15.6. The maximum atomic E-state index is 10.1. The van der Waals surface area contributed by atoms with E-state index in [1.165, 1.54) is 24.8 Å². The predicted octanol–water partition coefficient (Wildman–Crippen LogP) is 4.74. The molecule has 0 aromatic heterocycles. The van der Waals surface area contributed by atoms with Crippen LogP contribution in [0.3, 0.4) is 0 Å². The number of aliphatic hydroxyl groups excluding tert-OH is 1. The summed E-state index contributed by atoms with van der Waals surface area (Å²) in [6, 6.07) is 0. The lowest BCUT2D eigenvalue weighted by Crippen LogP contribution is -2.52. The van der Waals surface area contributed by atoms with Crippen molar-refractivity contribution in [2.24, 2.45) is 28.6 Å². The molecule has 0 aromatic rings. The van der Waals surface area contributed by atoms with Crippen LogP contribution in [-0.2, 0) is 4.74 Å². The molecule has 0 spiro atoms. The Morgan fingerprint density at radius 1 is 1.30 bits per heavy atom. The van der Waals surface area contributed by atoms with E-state index >= 15 is 0 Å². The predicted molar refractivity (Wildman–Crippen MR) is 95.2 cm³/mol. The summed E-state index contributed by atoms with van der Waals surface area (Å²) in [7, 11) is 1.86. The Morgan fingerprint density at radius 3 is 2.65 bits per heavy atom. The largest absolute Gasteiger partial charge is 0.396 e. The molecule has 3 rings (SSSR count). The van der Waals surface area contributed by atoms with Gasteiger partial charge in [0.15, 0.2) is 0 Å². The topological polar surface area (TPSA) is 29.5 Å². The fraction of sp³-hybridized carbons (Fsp3) is 0.810. The van der Waals surface area contributed by atoms with Crippen LogP contribution in [-0.4, -0.2) is 24.9 Å². The molecule has 0 amide bonds. The summed E-state index contributed by atoms with van der Waals surface area (Å²) in [5, 5.41) is 10.1. The highest BCUT2D eigenvalue weighted by Crippen LogP contribution is 2.62. The standard InChI is InChI=1S/C21H34O2/c1-14(2)16-11-15-7-8-19-20(3,13-22)9-6-10-21(19,4)17(15)12-18(16)23-5/h7,11,14,17-19,22H,6,8-10,12-13H2,1-5H3/t17-,18-,19-,20+,21+/m1/s1. The molecule has 1 fully saturated rings. The van der Waals surface area contributed by atoms with E-state index in [0.29, 0.717) is 29.8 Å². The van der Waals surface area contributed by atoms with E-state index in [1.807, 2.05) is 7.11 Å². The first-order valence-electron chi connectivity index (χ1n) is 9.41. The van der Waals surface area contributed by atoms with Gasteiger partial charge in [-0.1, -0.05) is 46.3 Å². The lowest BCUT2D eigenvalue weighted by Gasteiger charge is -2.58. The zero-order chi connectivity index (χ0) is 16.8. The van der Waals surface area contributed by atoms with Crippen LogP contribution in [0, 0.1) is 28.6 Å². The van der Waals surface area contributed by atoms with Crippen LogP contribution in [0.1, 0.15) is 59.8 Å². The Hall–Kier alpha value is -0.600. The van der Waals surface area contributed by atoms with Crippen molar-refractivity contribution in [3.63, 3.8) is 0 Å². The second-order valence-corrected chi connectivity index (χ2v) is 8.98. The Bertz CT molecular complexity index is 518. The maximum absolute atomic E-state index is 10.1. The van der Waals surface area contributed by atoms with Crippen molar-refractivity contribution in [2.75, 3.05) is 13.7 Å². The van der Waals surface area contributed by atoms with Gasteiger partial charge >= 0.3 is 0 Å². The van der Waals surface area contributed by atoms with Crippen LogP contribution in [0.2, 0.25) is 0 Å². The third-order valence-corrected chi connectivity index (χ3v) is 7.36. The number of methoxy groups -OCH3 is 1. The van der Waals surface area contributed by atoms with Crippen molar-refractivity contribution in [3.8, 4) is 0 Å². The summed E-state index contributed by atoms with van der Waals surface area (Å²) >= 11 is 0. The summed E-state index contributed by atoms with van der Waals surface area (Å²) in [5.41, 5.74) is 3.38. The lowest BCUT2D eigenvalue weighted by molar-refractivity contribution is -0.0813. The van der Waals surface area contributed by atoms with Gasteiger partial charge in [0.1, 0.15) is 0 Å². The first kappa shape index (κ1) is 17.2. The fourth-order valence-corrected chi connectivity index (χ4v) is 5.93. The third kappa shape index (κ3) is 2.62. The van der Waals surface area contributed by atoms with E-state index in [4.69, 9.17) is 4.74 Å². The highest BCUT2D eigenvalue weighted by Gasteiger charge is 2.54. The van der Waals surface area contributed by atoms with E-state index in [1.54, 1.807) is 5.57 Å². The summed E-state index contributed by atoms with van der Waals surface area (Å²) in [4.78, 5) is 0. The number of hydrogen-bond donors (Lipinski definition) is 1. The van der Waals surface area contributed by atoms with E-state index in [2.05, 4.69) is 39.8 Å². The number of fused-ring (bicyclic) bond motifs is 3. The van der Waals surface area contributed by atoms with Gasteiger partial charge in [-0.2, -0.15) is 0 Å². The van der Waals surface area contributed by atoms with Crippen molar-refractivity contribution in [3.05, 3.63) is 23.3 Å². The molecule has 3 aliphatic rings. The van der Waals surface area contributed by atoms with Crippen LogP contribution < -0.4 is 0 Å². The molecule has 0 bridgehead atoms. The summed E-state index contributed by atoms with van der Waals surface area (Å²) < 4.78 is 5.87. The van der Waals surface area contributed by atoms with Gasteiger partial charge in [-0.05, 0) is 65.4 Å². The molecular weight excluding hydrogens is 284 g/mol. The van der Waals surface area contributed by atoms with Crippen LogP contribution in [0.15, 0.2) is 23.3 Å². The van der Waals surface area contributed by atoms with E-state index in [0.717, 1.165) is 12.8 Å². The number of hydrogen-bond acceptors (Lipinski definition) is 2. The summed E-state index contributed by atoms with van der Waals surface area (Å²) in [6.45, 7) is 9.66. The molecule has 1 N–H and O–H groups in total. The molecule has 2 nitrogen and oxygen atoms in total. The summed E-state index contributed by atoms with van der Waals surface area (Å²) in [5.74, 6) is 1.72. The Kier molecular flexibility index (Phi) is 4.52. The van der Waals surface area contributed by atoms with E-state index in [-0.39, 0.29) is 11.5 Å². The minimum absolute atomic E-state index is 0.0830. The fourth-order valence-electron chi connectivity index (χ4n) is 5.93. The van der Waals surface area contributed by atoms with Gasteiger partial charge in [0.05, 0.1) is 6.10 Å². The molecule has 0 unspecified atom stereocenters.